The number of nitriles is 1. The Bertz CT molecular complexity index is 585. The average Bonchev–Trinajstić information content (AvgIpc) is 2.80. The molecule has 0 aromatic heterocycles. The molecule has 2 aliphatic rings. The highest BCUT2D eigenvalue weighted by molar-refractivity contribution is 5.69. The molecule has 3 atom stereocenters. The number of rotatable bonds is 1. The third-order valence-corrected chi connectivity index (χ3v) is 4.47. The lowest BCUT2D eigenvalue weighted by Crippen LogP contribution is -2.38. The molecule has 1 aliphatic carbocycles. The molecule has 21 heavy (non-hydrogen) atoms. The van der Waals surface area contributed by atoms with Crippen molar-refractivity contribution in [3.63, 3.8) is 0 Å². The second-order valence-electron chi connectivity index (χ2n) is 6.95. The van der Waals surface area contributed by atoms with E-state index in [0.717, 1.165) is 5.56 Å². The average molecular weight is 284 g/mol. The van der Waals surface area contributed by atoms with E-state index in [2.05, 4.69) is 6.07 Å². The fourth-order valence-corrected chi connectivity index (χ4v) is 3.48. The van der Waals surface area contributed by atoms with Crippen molar-refractivity contribution >= 4 is 6.09 Å². The highest BCUT2D eigenvalue weighted by Gasteiger charge is 2.70. The fraction of sp³-hybridized carbons (Fsp3) is 0.529. The molecular formula is C17H20N2O2. The Balaban J connectivity index is 1.71. The molecule has 1 aliphatic heterocycles. The normalized spacial score (nSPS) is 30.5. The summed E-state index contributed by atoms with van der Waals surface area (Å²) < 4.78 is 5.40. The van der Waals surface area contributed by atoms with E-state index in [0.29, 0.717) is 13.1 Å². The molecule has 0 spiro atoms. The van der Waals surface area contributed by atoms with Crippen molar-refractivity contribution in [1.82, 2.24) is 4.90 Å². The highest BCUT2D eigenvalue weighted by Crippen LogP contribution is 2.63. The molecule has 110 valence electrons. The van der Waals surface area contributed by atoms with Gasteiger partial charge in [-0.3, -0.25) is 0 Å². The number of likely N-dealkylation sites (tertiary alicyclic amines) is 1. The zero-order valence-electron chi connectivity index (χ0n) is 12.7. The summed E-state index contributed by atoms with van der Waals surface area (Å²) in [5.41, 5.74) is 0.196. The number of benzene rings is 1. The molecular weight excluding hydrogens is 264 g/mol. The summed E-state index contributed by atoms with van der Waals surface area (Å²) in [5.74, 6) is 0.467. The van der Waals surface area contributed by atoms with Gasteiger partial charge in [-0.25, -0.2) is 4.79 Å². The van der Waals surface area contributed by atoms with Crippen LogP contribution in [0.15, 0.2) is 30.3 Å². The first kappa shape index (κ1) is 13.9. The van der Waals surface area contributed by atoms with Crippen molar-refractivity contribution in [3.8, 4) is 6.07 Å². The molecule has 1 aromatic carbocycles. The van der Waals surface area contributed by atoms with E-state index in [1.165, 1.54) is 0 Å². The minimum absolute atomic E-state index is 0.234. The van der Waals surface area contributed by atoms with Gasteiger partial charge in [-0.2, -0.15) is 5.26 Å². The van der Waals surface area contributed by atoms with Gasteiger partial charge in [-0.15, -0.1) is 0 Å². The van der Waals surface area contributed by atoms with Crippen molar-refractivity contribution in [2.24, 2.45) is 11.8 Å². The van der Waals surface area contributed by atoms with E-state index >= 15 is 0 Å². The molecule has 0 radical (unpaired) electrons. The molecule has 3 rings (SSSR count). The van der Waals surface area contributed by atoms with Gasteiger partial charge in [0, 0.05) is 24.9 Å². The largest absolute Gasteiger partial charge is 0.444 e. The van der Waals surface area contributed by atoms with Gasteiger partial charge >= 0.3 is 6.09 Å². The number of carbonyl (C=O) groups is 1. The number of carbonyl (C=O) groups excluding carboxylic acids is 1. The van der Waals surface area contributed by atoms with Crippen LogP contribution in [0.1, 0.15) is 26.3 Å². The van der Waals surface area contributed by atoms with E-state index in [-0.39, 0.29) is 17.9 Å². The maximum atomic E-state index is 12.1. The Morgan fingerprint density at radius 3 is 2.33 bits per heavy atom. The smallest absolute Gasteiger partial charge is 0.410 e. The second kappa shape index (κ2) is 4.49. The molecule has 1 saturated carbocycles. The monoisotopic (exact) mass is 284 g/mol. The number of ether oxygens (including phenoxy) is 1. The van der Waals surface area contributed by atoms with Crippen LogP contribution in [0.25, 0.3) is 0 Å². The van der Waals surface area contributed by atoms with Crippen molar-refractivity contribution in [2.45, 2.75) is 31.8 Å². The summed E-state index contributed by atoms with van der Waals surface area (Å²) in [4.78, 5) is 13.8. The van der Waals surface area contributed by atoms with Gasteiger partial charge in [0.1, 0.15) is 5.60 Å². The zero-order valence-corrected chi connectivity index (χ0v) is 12.7. The Morgan fingerprint density at radius 2 is 1.86 bits per heavy atom. The van der Waals surface area contributed by atoms with E-state index < -0.39 is 11.0 Å². The first-order chi connectivity index (χ1) is 9.88. The lowest BCUT2D eigenvalue weighted by Gasteiger charge is -2.27. The van der Waals surface area contributed by atoms with Crippen LogP contribution < -0.4 is 0 Å². The van der Waals surface area contributed by atoms with Crippen molar-refractivity contribution < 1.29 is 9.53 Å². The lowest BCUT2D eigenvalue weighted by atomic mass is 9.92. The predicted molar refractivity (Wildman–Crippen MR) is 78.5 cm³/mol. The topological polar surface area (TPSA) is 53.3 Å². The van der Waals surface area contributed by atoms with Crippen LogP contribution in [0.3, 0.4) is 0 Å². The molecule has 0 bridgehead atoms. The predicted octanol–water partition coefficient (Wildman–Crippen LogP) is 2.94. The molecule has 1 unspecified atom stereocenters. The maximum absolute atomic E-state index is 12.1. The Hall–Kier alpha value is -2.02. The van der Waals surface area contributed by atoms with Crippen LogP contribution >= 0.6 is 0 Å². The first-order valence-electron chi connectivity index (χ1n) is 7.33. The van der Waals surface area contributed by atoms with Gasteiger partial charge in [0.05, 0.1) is 11.5 Å². The van der Waals surface area contributed by atoms with Crippen LogP contribution in [-0.4, -0.2) is 29.7 Å². The Morgan fingerprint density at radius 1 is 1.29 bits per heavy atom. The number of hydrogen-bond donors (Lipinski definition) is 0. The summed E-state index contributed by atoms with van der Waals surface area (Å²) in [6, 6.07) is 12.4. The number of fused-ring (bicyclic) bond motifs is 1. The van der Waals surface area contributed by atoms with Crippen molar-refractivity contribution in [2.75, 3.05) is 13.1 Å². The van der Waals surface area contributed by atoms with Crippen LogP contribution in [0.4, 0.5) is 4.79 Å². The summed E-state index contributed by atoms with van der Waals surface area (Å²) in [5, 5.41) is 9.64. The van der Waals surface area contributed by atoms with E-state index in [1.807, 2.05) is 51.1 Å². The summed E-state index contributed by atoms with van der Waals surface area (Å²) in [6.45, 7) is 6.83. The minimum atomic E-state index is -0.477. The van der Waals surface area contributed by atoms with Crippen LogP contribution in [0.2, 0.25) is 0 Å². The molecule has 1 heterocycles. The highest BCUT2D eigenvalue weighted by atomic mass is 16.6. The van der Waals surface area contributed by atoms with E-state index in [1.54, 1.807) is 4.90 Å². The number of hydrogen-bond acceptors (Lipinski definition) is 3. The molecule has 2 fully saturated rings. The molecule has 1 aromatic rings. The zero-order chi connectivity index (χ0) is 15.3. The van der Waals surface area contributed by atoms with Gasteiger partial charge in [-0.05, 0) is 26.3 Å². The summed E-state index contributed by atoms with van der Waals surface area (Å²) >= 11 is 0. The van der Waals surface area contributed by atoms with Crippen molar-refractivity contribution in [3.05, 3.63) is 35.9 Å². The van der Waals surface area contributed by atoms with Gasteiger partial charge in [0.2, 0.25) is 0 Å². The third kappa shape index (κ3) is 2.17. The minimum Gasteiger partial charge on any atom is -0.444 e. The van der Waals surface area contributed by atoms with Crippen molar-refractivity contribution in [1.29, 1.82) is 5.26 Å². The molecule has 4 nitrogen and oxygen atoms in total. The molecule has 4 heteroatoms. The van der Waals surface area contributed by atoms with Crippen LogP contribution in [-0.2, 0) is 10.2 Å². The second-order valence-corrected chi connectivity index (χ2v) is 6.95. The lowest BCUT2D eigenvalue weighted by molar-refractivity contribution is 0.0266. The quantitative estimate of drug-likeness (QED) is 0.796. The number of piperidine rings is 1. The SMILES string of the molecule is CC(C)(C)OC(=O)N1C[C@@H]2[C@H](C1)C2(C#N)c1ccccc1. The molecule has 0 N–H and O–H groups in total. The van der Waals surface area contributed by atoms with Gasteiger partial charge in [0.15, 0.2) is 0 Å². The van der Waals surface area contributed by atoms with Crippen LogP contribution in [0, 0.1) is 23.2 Å². The maximum Gasteiger partial charge on any atom is 0.410 e. The first-order valence-corrected chi connectivity index (χ1v) is 7.33. The van der Waals surface area contributed by atoms with Gasteiger partial charge < -0.3 is 9.64 Å². The Labute approximate surface area is 125 Å². The fourth-order valence-electron chi connectivity index (χ4n) is 3.48. The number of nitrogens with zero attached hydrogens (tertiary/aromatic N) is 2. The molecule has 1 saturated heterocycles. The summed E-state index contributed by atoms with van der Waals surface area (Å²) in [7, 11) is 0. The summed E-state index contributed by atoms with van der Waals surface area (Å²) in [6.07, 6.45) is -0.269. The standard InChI is InChI=1S/C17H20N2O2/c1-16(2,3)21-15(20)19-9-13-14(10-19)17(13,11-18)12-7-5-4-6-8-12/h4-8,13-14H,9-10H2,1-3H3/t13-,14+,17?. The van der Waals surface area contributed by atoms with Gasteiger partial charge in [0.25, 0.3) is 0 Å². The Kier molecular flexibility index (Phi) is 2.98. The van der Waals surface area contributed by atoms with E-state index in [9.17, 15) is 10.1 Å². The third-order valence-electron chi connectivity index (χ3n) is 4.47. The molecule has 1 amide bonds. The number of amides is 1. The van der Waals surface area contributed by atoms with Gasteiger partial charge in [-0.1, -0.05) is 30.3 Å². The van der Waals surface area contributed by atoms with Crippen LogP contribution in [0.5, 0.6) is 0 Å². The van der Waals surface area contributed by atoms with E-state index in [4.69, 9.17) is 4.74 Å².